The molecule has 1 aromatic rings. The summed E-state index contributed by atoms with van der Waals surface area (Å²) in [7, 11) is 0. The number of rotatable bonds is 5. The second-order valence-corrected chi connectivity index (χ2v) is 5.91. The van der Waals surface area contributed by atoms with E-state index in [1.165, 1.54) is 5.56 Å². The lowest BCUT2D eigenvalue weighted by atomic mass is 10.1. The first-order valence-corrected chi connectivity index (χ1v) is 8.17. The maximum Gasteiger partial charge on any atom is 0.123 e. The molecule has 2 aliphatic rings. The highest BCUT2D eigenvalue weighted by atomic mass is 16.5. The largest absolute Gasteiger partial charge is 0.492 e. The van der Waals surface area contributed by atoms with Crippen molar-refractivity contribution in [2.75, 3.05) is 39.4 Å². The Hall–Kier alpha value is -1.10. The zero-order chi connectivity index (χ0) is 14.3. The van der Waals surface area contributed by atoms with Gasteiger partial charge < -0.3 is 14.8 Å². The molecule has 1 saturated heterocycles. The summed E-state index contributed by atoms with van der Waals surface area (Å²) in [6.45, 7) is 6.94. The molecule has 4 nitrogen and oxygen atoms in total. The second kappa shape index (κ2) is 7.78. The lowest BCUT2D eigenvalue weighted by molar-refractivity contribution is 0.0273. The van der Waals surface area contributed by atoms with Crippen molar-refractivity contribution in [2.45, 2.75) is 31.9 Å². The molecule has 4 heteroatoms. The molecule has 0 radical (unpaired) electrons. The van der Waals surface area contributed by atoms with Crippen LogP contribution < -0.4 is 10.1 Å². The molecule has 0 aromatic heterocycles. The third-order valence-electron chi connectivity index (χ3n) is 4.29. The summed E-state index contributed by atoms with van der Waals surface area (Å²) in [5.74, 6) is 1.05. The molecule has 116 valence electrons. The van der Waals surface area contributed by atoms with Gasteiger partial charge in [0.05, 0.1) is 6.10 Å². The molecule has 0 bridgehead atoms. The van der Waals surface area contributed by atoms with Crippen LogP contribution in [-0.2, 0) is 11.3 Å². The molecule has 0 atom stereocenters. The van der Waals surface area contributed by atoms with Crippen LogP contribution in [0.3, 0.4) is 0 Å². The van der Waals surface area contributed by atoms with Crippen molar-refractivity contribution in [3.63, 3.8) is 0 Å². The van der Waals surface area contributed by atoms with Crippen molar-refractivity contribution in [1.29, 1.82) is 0 Å². The number of para-hydroxylation sites is 1. The monoisotopic (exact) mass is 290 g/mol. The zero-order valence-corrected chi connectivity index (χ0v) is 12.7. The van der Waals surface area contributed by atoms with E-state index in [9.17, 15) is 0 Å². The maximum atomic E-state index is 5.98. The quantitative estimate of drug-likeness (QED) is 0.842. The van der Waals surface area contributed by atoms with Gasteiger partial charge in [-0.3, -0.25) is 4.90 Å². The number of nitrogens with zero attached hydrogens (tertiary/aromatic N) is 1. The third-order valence-corrected chi connectivity index (χ3v) is 4.29. The summed E-state index contributed by atoms with van der Waals surface area (Å²) in [5, 5.41) is 3.37. The van der Waals surface area contributed by atoms with E-state index in [2.05, 4.69) is 28.4 Å². The summed E-state index contributed by atoms with van der Waals surface area (Å²) >= 11 is 0. The smallest absolute Gasteiger partial charge is 0.123 e. The Morgan fingerprint density at radius 2 is 2.10 bits per heavy atom. The average molecular weight is 290 g/mol. The predicted molar refractivity (Wildman–Crippen MR) is 83.7 cm³/mol. The van der Waals surface area contributed by atoms with Gasteiger partial charge in [0.2, 0.25) is 0 Å². The van der Waals surface area contributed by atoms with Gasteiger partial charge in [-0.05, 0) is 38.4 Å². The number of ether oxygens (including phenoxy) is 2. The minimum absolute atomic E-state index is 0.472. The van der Waals surface area contributed by atoms with Gasteiger partial charge in [0.15, 0.2) is 0 Å². The zero-order valence-electron chi connectivity index (χ0n) is 12.7. The normalized spacial score (nSPS) is 20.6. The van der Waals surface area contributed by atoms with Crippen LogP contribution in [0.1, 0.15) is 24.8 Å². The first kappa shape index (κ1) is 14.8. The Morgan fingerprint density at radius 3 is 3.00 bits per heavy atom. The number of nitrogens with one attached hydrogen (secondary N) is 1. The SMILES string of the molecule is c1ccc2c(c1)CN(CCCOC1CCNCC1)CCO2. The van der Waals surface area contributed by atoms with Crippen LogP contribution in [-0.4, -0.2) is 50.4 Å². The lowest BCUT2D eigenvalue weighted by Crippen LogP contribution is -2.33. The van der Waals surface area contributed by atoms with Crippen LogP contribution in [0.4, 0.5) is 0 Å². The topological polar surface area (TPSA) is 33.7 Å². The fraction of sp³-hybridized carbons (Fsp3) is 0.647. The number of hydrogen-bond acceptors (Lipinski definition) is 4. The van der Waals surface area contributed by atoms with Gasteiger partial charge in [-0.2, -0.15) is 0 Å². The van der Waals surface area contributed by atoms with Crippen LogP contribution in [0.5, 0.6) is 5.75 Å². The summed E-state index contributed by atoms with van der Waals surface area (Å²) < 4.78 is 11.8. The second-order valence-electron chi connectivity index (χ2n) is 5.91. The number of benzene rings is 1. The van der Waals surface area contributed by atoms with E-state index in [4.69, 9.17) is 9.47 Å². The van der Waals surface area contributed by atoms with Crippen molar-refractivity contribution in [3.05, 3.63) is 29.8 Å². The highest BCUT2D eigenvalue weighted by Crippen LogP contribution is 2.22. The first-order chi connectivity index (χ1) is 10.4. The summed E-state index contributed by atoms with van der Waals surface area (Å²) in [6.07, 6.45) is 3.89. The van der Waals surface area contributed by atoms with E-state index in [1.807, 2.05) is 6.07 Å². The molecule has 0 amide bonds. The van der Waals surface area contributed by atoms with Gasteiger partial charge in [0, 0.05) is 31.8 Å². The number of hydrogen-bond donors (Lipinski definition) is 1. The van der Waals surface area contributed by atoms with E-state index in [0.29, 0.717) is 6.10 Å². The minimum atomic E-state index is 0.472. The van der Waals surface area contributed by atoms with Crippen LogP contribution >= 0.6 is 0 Å². The van der Waals surface area contributed by atoms with Gasteiger partial charge in [-0.1, -0.05) is 18.2 Å². The summed E-state index contributed by atoms with van der Waals surface area (Å²) in [4.78, 5) is 2.47. The van der Waals surface area contributed by atoms with Crippen molar-refractivity contribution < 1.29 is 9.47 Å². The fourth-order valence-corrected chi connectivity index (χ4v) is 3.07. The van der Waals surface area contributed by atoms with Crippen LogP contribution in [0.25, 0.3) is 0 Å². The number of piperidine rings is 1. The fourth-order valence-electron chi connectivity index (χ4n) is 3.07. The Balaban J connectivity index is 1.39. The highest BCUT2D eigenvalue weighted by Gasteiger charge is 2.15. The van der Waals surface area contributed by atoms with Gasteiger partial charge >= 0.3 is 0 Å². The average Bonchev–Trinajstić information content (AvgIpc) is 2.74. The molecule has 2 heterocycles. The summed E-state index contributed by atoms with van der Waals surface area (Å²) in [5.41, 5.74) is 1.30. The van der Waals surface area contributed by atoms with E-state index in [0.717, 1.165) is 70.9 Å². The molecule has 0 unspecified atom stereocenters. The van der Waals surface area contributed by atoms with Crippen LogP contribution in [0.15, 0.2) is 24.3 Å². The molecule has 0 saturated carbocycles. The standard InChI is InChI=1S/C17H26N2O2/c1-2-5-17-15(4-1)14-19(11-13-21-17)10-3-12-20-16-6-8-18-9-7-16/h1-2,4-5,16,18H,3,6-14H2. The van der Waals surface area contributed by atoms with E-state index in [-0.39, 0.29) is 0 Å². The van der Waals surface area contributed by atoms with Gasteiger partial charge in [-0.15, -0.1) is 0 Å². The van der Waals surface area contributed by atoms with E-state index < -0.39 is 0 Å². The first-order valence-electron chi connectivity index (χ1n) is 8.17. The van der Waals surface area contributed by atoms with Gasteiger partial charge in [0.25, 0.3) is 0 Å². The molecular formula is C17H26N2O2. The maximum absolute atomic E-state index is 5.98. The molecule has 21 heavy (non-hydrogen) atoms. The molecule has 3 rings (SSSR count). The van der Waals surface area contributed by atoms with Crippen molar-refractivity contribution in [2.24, 2.45) is 0 Å². The van der Waals surface area contributed by atoms with Gasteiger partial charge in [0.1, 0.15) is 12.4 Å². The Bertz CT molecular complexity index is 433. The molecule has 0 aliphatic carbocycles. The van der Waals surface area contributed by atoms with Crippen LogP contribution in [0, 0.1) is 0 Å². The molecular weight excluding hydrogens is 264 g/mol. The highest BCUT2D eigenvalue weighted by molar-refractivity contribution is 5.33. The Labute approximate surface area is 127 Å². The van der Waals surface area contributed by atoms with Crippen LogP contribution in [0.2, 0.25) is 0 Å². The molecule has 1 N–H and O–H groups in total. The molecule has 1 aromatic carbocycles. The third kappa shape index (κ3) is 4.43. The lowest BCUT2D eigenvalue weighted by Gasteiger charge is -2.24. The van der Waals surface area contributed by atoms with Crippen molar-refractivity contribution in [3.8, 4) is 5.75 Å². The number of fused-ring (bicyclic) bond motifs is 1. The Kier molecular flexibility index (Phi) is 5.49. The Morgan fingerprint density at radius 1 is 1.24 bits per heavy atom. The van der Waals surface area contributed by atoms with E-state index >= 15 is 0 Å². The molecule has 0 spiro atoms. The van der Waals surface area contributed by atoms with E-state index in [1.54, 1.807) is 0 Å². The predicted octanol–water partition coefficient (Wildman–Crippen LogP) is 2.04. The van der Waals surface area contributed by atoms with Crippen molar-refractivity contribution in [1.82, 2.24) is 10.2 Å². The summed E-state index contributed by atoms with van der Waals surface area (Å²) in [6, 6.07) is 8.37. The molecule has 2 aliphatic heterocycles. The molecule has 1 fully saturated rings. The van der Waals surface area contributed by atoms with Gasteiger partial charge in [-0.25, -0.2) is 0 Å². The van der Waals surface area contributed by atoms with Crippen molar-refractivity contribution >= 4 is 0 Å². The minimum Gasteiger partial charge on any atom is -0.492 e.